The normalized spacial score (nSPS) is 54.3. The summed E-state index contributed by atoms with van der Waals surface area (Å²) in [6, 6.07) is 0. The number of rotatable bonds is 3. The van der Waals surface area contributed by atoms with E-state index in [1.54, 1.807) is 0 Å². The van der Waals surface area contributed by atoms with Crippen molar-refractivity contribution < 1.29 is 24.9 Å². The fraction of sp³-hybridized carbons (Fsp3) is 0.903. The van der Waals surface area contributed by atoms with E-state index < -0.39 is 16.9 Å². The van der Waals surface area contributed by atoms with Crippen LogP contribution >= 0.6 is 0 Å². The molecule has 0 aliphatic heterocycles. The number of aliphatic hydroxyl groups is 3. The maximum atomic E-state index is 13.4. The molecule has 0 amide bonds. The van der Waals surface area contributed by atoms with E-state index in [-0.39, 0.29) is 46.8 Å². The third kappa shape index (κ3) is 3.14. The van der Waals surface area contributed by atoms with Crippen LogP contribution in [0.1, 0.15) is 98.8 Å². The molecule has 0 aromatic carbocycles. The van der Waals surface area contributed by atoms with Gasteiger partial charge < -0.3 is 20.1 Å². The lowest BCUT2D eigenvalue weighted by Crippen LogP contribution is -2.66. The molecule has 5 rings (SSSR count). The van der Waals surface area contributed by atoms with Crippen LogP contribution in [-0.2, 0) is 9.53 Å². The van der Waals surface area contributed by atoms with Crippen molar-refractivity contribution in [2.24, 2.45) is 50.2 Å². The Balaban J connectivity index is 1.60. The van der Waals surface area contributed by atoms with Gasteiger partial charge in [-0.05, 0) is 104 Å². The Labute approximate surface area is 218 Å². The molecule has 0 unspecified atom stereocenters. The number of allylic oxidation sites excluding steroid dienone is 2. The average molecular weight is 503 g/mol. The molecular weight excluding hydrogens is 452 g/mol. The number of methoxy groups -OCH3 is 1. The van der Waals surface area contributed by atoms with Crippen LogP contribution in [0.25, 0.3) is 0 Å². The molecule has 5 aliphatic rings. The van der Waals surface area contributed by atoms with E-state index in [0.29, 0.717) is 11.8 Å². The van der Waals surface area contributed by atoms with Gasteiger partial charge in [-0.1, -0.05) is 46.3 Å². The topological polar surface area (TPSA) is 87.0 Å². The first-order valence-corrected chi connectivity index (χ1v) is 14.5. The summed E-state index contributed by atoms with van der Waals surface area (Å²) in [7, 11) is 1.53. The van der Waals surface area contributed by atoms with E-state index >= 15 is 0 Å². The summed E-state index contributed by atoms with van der Waals surface area (Å²) in [5.41, 5.74) is 0.534. The Bertz CT molecular complexity index is 945. The van der Waals surface area contributed by atoms with Crippen molar-refractivity contribution in [3.05, 3.63) is 11.6 Å². The van der Waals surface area contributed by atoms with E-state index in [1.807, 2.05) is 0 Å². The zero-order valence-corrected chi connectivity index (χ0v) is 23.5. The van der Waals surface area contributed by atoms with Crippen molar-refractivity contribution in [3.63, 3.8) is 0 Å². The molecule has 4 saturated carbocycles. The molecular formula is C31H50O5. The van der Waals surface area contributed by atoms with E-state index in [4.69, 9.17) is 4.74 Å². The summed E-state index contributed by atoms with van der Waals surface area (Å²) in [5.74, 6) is 0.849. The number of hydrogen-bond donors (Lipinski definition) is 3. The fourth-order valence-electron chi connectivity index (χ4n) is 10.9. The van der Waals surface area contributed by atoms with Crippen LogP contribution in [0.15, 0.2) is 11.6 Å². The van der Waals surface area contributed by atoms with Gasteiger partial charge in [0.1, 0.15) is 0 Å². The van der Waals surface area contributed by atoms with Gasteiger partial charge in [0, 0.05) is 12.0 Å². The van der Waals surface area contributed by atoms with Crippen molar-refractivity contribution >= 4 is 5.97 Å². The number of carbonyl (C=O) groups is 1. The molecule has 0 spiro atoms. The summed E-state index contributed by atoms with van der Waals surface area (Å²) in [6.07, 6.45) is 11.3. The number of esters is 1. The minimum Gasteiger partial charge on any atom is -0.469 e. The highest BCUT2D eigenvalue weighted by molar-refractivity contribution is 5.78. The Hall–Kier alpha value is -0.910. The Kier molecular flexibility index (Phi) is 6.15. The first-order valence-electron chi connectivity index (χ1n) is 14.5. The molecule has 4 fully saturated rings. The number of aliphatic hydroxyl groups excluding tert-OH is 3. The first-order chi connectivity index (χ1) is 16.8. The van der Waals surface area contributed by atoms with Crippen LogP contribution in [0.2, 0.25) is 0 Å². The van der Waals surface area contributed by atoms with E-state index in [1.165, 1.54) is 12.7 Å². The summed E-state index contributed by atoms with van der Waals surface area (Å²) in [6.45, 7) is 11.9. The Morgan fingerprint density at radius 1 is 0.944 bits per heavy atom. The molecule has 0 saturated heterocycles. The predicted octanol–water partition coefficient (Wildman–Crippen LogP) is 5.27. The van der Waals surface area contributed by atoms with E-state index in [0.717, 1.165) is 64.2 Å². The lowest BCUT2D eigenvalue weighted by atomic mass is 9.33. The molecule has 3 N–H and O–H groups in total. The van der Waals surface area contributed by atoms with Crippen molar-refractivity contribution in [2.75, 3.05) is 20.3 Å². The molecule has 0 aromatic heterocycles. The highest BCUT2D eigenvalue weighted by atomic mass is 16.5. The minimum absolute atomic E-state index is 0.00846. The molecule has 5 nitrogen and oxygen atoms in total. The van der Waals surface area contributed by atoms with Crippen molar-refractivity contribution in [1.29, 1.82) is 0 Å². The number of fused-ring (bicyclic) bond motifs is 7. The second-order valence-corrected chi connectivity index (χ2v) is 14.9. The smallest absolute Gasteiger partial charge is 0.312 e. The van der Waals surface area contributed by atoms with Gasteiger partial charge in [-0.3, -0.25) is 4.79 Å². The monoisotopic (exact) mass is 502 g/mol. The highest BCUT2D eigenvalue weighted by Crippen LogP contribution is 2.75. The Morgan fingerprint density at radius 2 is 1.64 bits per heavy atom. The van der Waals surface area contributed by atoms with Crippen molar-refractivity contribution in [2.45, 2.75) is 105 Å². The van der Waals surface area contributed by atoms with Gasteiger partial charge in [0.05, 0.1) is 25.2 Å². The lowest BCUT2D eigenvalue weighted by molar-refractivity contribution is -0.217. The average Bonchev–Trinajstić information content (AvgIpc) is 2.86. The summed E-state index contributed by atoms with van der Waals surface area (Å²) in [5, 5.41) is 31.7. The van der Waals surface area contributed by atoms with Crippen LogP contribution in [0.3, 0.4) is 0 Å². The summed E-state index contributed by atoms with van der Waals surface area (Å²) >= 11 is 0. The molecule has 0 heterocycles. The quantitative estimate of drug-likeness (QED) is 0.362. The summed E-state index contributed by atoms with van der Waals surface area (Å²) in [4.78, 5) is 13.4. The van der Waals surface area contributed by atoms with Gasteiger partial charge in [0.2, 0.25) is 0 Å². The second kappa shape index (κ2) is 8.29. The van der Waals surface area contributed by atoms with Crippen LogP contribution in [-0.4, -0.2) is 47.7 Å². The zero-order valence-electron chi connectivity index (χ0n) is 23.5. The van der Waals surface area contributed by atoms with E-state index in [2.05, 4.69) is 40.7 Å². The largest absolute Gasteiger partial charge is 0.469 e. The molecule has 0 bridgehead atoms. The van der Waals surface area contributed by atoms with Gasteiger partial charge in [-0.15, -0.1) is 0 Å². The first kappa shape index (κ1) is 26.7. The SMILES string of the molecule is COC(=O)[C@]12CC[C@@](C)(CO)C[C@H]1C1=CC[C@@H]3[C@@]4(C)CC[C@H](O)[C@@](C)(CO)[C@@H]4CC[C@@]3(C)[C@]1(C)CC2. The maximum absolute atomic E-state index is 13.4. The molecule has 36 heavy (non-hydrogen) atoms. The second-order valence-electron chi connectivity index (χ2n) is 14.9. The fourth-order valence-corrected chi connectivity index (χ4v) is 10.9. The van der Waals surface area contributed by atoms with Crippen LogP contribution < -0.4 is 0 Å². The molecule has 5 aliphatic carbocycles. The van der Waals surface area contributed by atoms with Crippen LogP contribution in [0.4, 0.5) is 0 Å². The van der Waals surface area contributed by atoms with Gasteiger partial charge >= 0.3 is 5.97 Å². The number of ether oxygens (including phenoxy) is 1. The van der Waals surface area contributed by atoms with Gasteiger partial charge in [0.25, 0.3) is 0 Å². The van der Waals surface area contributed by atoms with Gasteiger partial charge in [-0.2, -0.15) is 0 Å². The molecule has 10 atom stereocenters. The van der Waals surface area contributed by atoms with Crippen molar-refractivity contribution in [3.8, 4) is 0 Å². The number of carbonyl (C=O) groups excluding carboxylic acids is 1. The summed E-state index contributed by atoms with van der Waals surface area (Å²) < 4.78 is 5.45. The van der Waals surface area contributed by atoms with E-state index in [9.17, 15) is 20.1 Å². The molecule has 204 valence electrons. The molecule has 0 radical (unpaired) electrons. The minimum atomic E-state index is -0.469. The molecule has 5 heteroatoms. The zero-order chi connectivity index (χ0) is 26.4. The van der Waals surface area contributed by atoms with Gasteiger partial charge in [0.15, 0.2) is 0 Å². The van der Waals surface area contributed by atoms with Crippen LogP contribution in [0, 0.1) is 50.2 Å². The lowest BCUT2D eigenvalue weighted by Gasteiger charge is -2.71. The standard InChI is InChI=1S/C31H50O5/c1-26(18-32)13-15-31(25(35)36-6)16-14-29(4)20(21(31)17-26)7-8-23-27(2)11-10-24(34)28(3,19-33)22(27)9-12-30(23,29)5/h7,21-24,32-34H,8-19H2,1-6H3/t21-,22+,23+,24-,26+,27-,28-,29+,30+,31-/m0/s1. The third-order valence-electron chi connectivity index (χ3n) is 13.6. The molecule has 0 aromatic rings. The van der Waals surface area contributed by atoms with Crippen molar-refractivity contribution in [1.82, 2.24) is 0 Å². The Morgan fingerprint density at radius 3 is 2.28 bits per heavy atom. The number of hydrogen-bond acceptors (Lipinski definition) is 5. The van der Waals surface area contributed by atoms with Crippen LogP contribution in [0.5, 0.6) is 0 Å². The maximum Gasteiger partial charge on any atom is 0.312 e. The highest BCUT2D eigenvalue weighted by Gasteiger charge is 2.69. The predicted molar refractivity (Wildman–Crippen MR) is 140 cm³/mol. The third-order valence-corrected chi connectivity index (χ3v) is 13.6. The van der Waals surface area contributed by atoms with Gasteiger partial charge in [-0.25, -0.2) is 0 Å².